The molecule has 20 heavy (non-hydrogen) atoms. The number of amides is 1. The van der Waals surface area contributed by atoms with Gasteiger partial charge in [0, 0.05) is 33.4 Å². The molecule has 0 aromatic carbocycles. The summed E-state index contributed by atoms with van der Waals surface area (Å²) in [7, 11) is -0.814. The fourth-order valence-corrected chi connectivity index (χ4v) is 3.66. The van der Waals surface area contributed by atoms with E-state index in [2.05, 4.69) is 5.32 Å². The van der Waals surface area contributed by atoms with Gasteiger partial charge in [0.25, 0.3) is 5.91 Å². The van der Waals surface area contributed by atoms with E-state index in [1.807, 2.05) is 0 Å². The molecule has 0 bridgehead atoms. The summed E-state index contributed by atoms with van der Waals surface area (Å²) in [4.78, 5) is 11.5. The van der Waals surface area contributed by atoms with E-state index >= 15 is 0 Å². The van der Waals surface area contributed by atoms with Crippen LogP contribution in [0.4, 0.5) is 0 Å². The van der Waals surface area contributed by atoms with Crippen molar-refractivity contribution in [2.45, 2.75) is 17.1 Å². The largest absolute Gasteiger partial charge is 0.389 e. The Kier molecular flexibility index (Phi) is 3.87. The molecule has 1 aromatic heterocycles. The van der Waals surface area contributed by atoms with Crippen LogP contribution >= 0.6 is 0 Å². The van der Waals surface area contributed by atoms with Crippen molar-refractivity contribution < 1.29 is 23.4 Å². The van der Waals surface area contributed by atoms with Crippen LogP contribution in [0.25, 0.3) is 0 Å². The summed E-state index contributed by atoms with van der Waals surface area (Å²) >= 11 is 0. The van der Waals surface area contributed by atoms with Gasteiger partial charge in [0.1, 0.15) is 10.6 Å². The quantitative estimate of drug-likeness (QED) is 0.604. The van der Waals surface area contributed by atoms with Crippen LogP contribution in [0.2, 0.25) is 0 Å². The van der Waals surface area contributed by atoms with E-state index in [1.165, 1.54) is 23.9 Å². The van der Waals surface area contributed by atoms with Gasteiger partial charge in [0.05, 0.1) is 12.2 Å². The molecule has 0 saturated carbocycles. The standard InChI is InChI=1S/C11H17N3O5S/c1-12-11(17)8-3-7(4-13(8)2)20(18,19)14-5-9(15)10(16)6-14/h3-4,9-10,15-16H,5-6H2,1-2H3,(H,12,17). The van der Waals surface area contributed by atoms with Crippen LogP contribution in [0.3, 0.4) is 0 Å². The molecule has 0 aliphatic carbocycles. The van der Waals surface area contributed by atoms with Gasteiger partial charge in [-0.2, -0.15) is 4.31 Å². The number of β-amino-alcohol motifs (C(OH)–C–C–N with tert-alkyl or cyclic N) is 2. The normalized spacial score (nSPS) is 24.0. The second kappa shape index (κ2) is 5.17. The Morgan fingerprint density at radius 1 is 1.35 bits per heavy atom. The van der Waals surface area contributed by atoms with Crippen molar-refractivity contribution in [2.24, 2.45) is 7.05 Å². The number of nitrogens with zero attached hydrogens (tertiary/aromatic N) is 2. The molecule has 1 aliphatic heterocycles. The molecule has 1 amide bonds. The maximum atomic E-state index is 12.4. The number of sulfonamides is 1. The Hall–Kier alpha value is -1.42. The Labute approximate surface area is 116 Å². The molecule has 1 saturated heterocycles. The van der Waals surface area contributed by atoms with E-state index in [0.717, 1.165) is 4.31 Å². The minimum atomic E-state index is -3.84. The van der Waals surface area contributed by atoms with E-state index in [4.69, 9.17) is 0 Å². The Morgan fingerprint density at radius 3 is 2.40 bits per heavy atom. The van der Waals surface area contributed by atoms with Gasteiger partial charge in [-0.1, -0.05) is 0 Å². The lowest BCUT2D eigenvalue weighted by molar-refractivity contribution is 0.0572. The Morgan fingerprint density at radius 2 is 1.90 bits per heavy atom. The molecule has 112 valence electrons. The first-order valence-corrected chi connectivity index (χ1v) is 7.46. The number of hydrogen-bond acceptors (Lipinski definition) is 5. The second-order valence-electron chi connectivity index (χ2n) is 4.71. The minimum absolute atomic E-state index is 0.0418. The highest BCUT2D eigenvalue weighted by Crippen LogP contribution is 2.23. The summed E-state index contributed by atoms with van der Waals surface area (Å²) in [5.41, 5.74) is 0.214. The van der Waals surface area contributed by atoms with Crippen molar-refractivity contribution >= 4 is 15.9 Å². The highest BCUT2D eigenvalue weighted by molar-refractivity contribution is 7.89. The monoisotopic (exact) mass is 303 g/mol. The molecule has 2 atom stereocenters. The average Bonchev–Trinajstić information content (AvgIpc) is 2.93. The fraction of sp³-hybridized carbons (Fsp3) is 0.545. The van der Waals surface area contributed by atoms with Gasteiger partial charge in [-0.25, -0.2) is 8.42 Å². The number of carbonyl (C=O) groups is 1. The zero-order valence-electron chi connectivity index (χ0n) is 11.1. The fourth-order valence-electron chi connectivity index (χ4n) is 2.11. The number of nitrogens with one attached hydrogen (secondary N) is 1. The number of aromatic nitrogens is 1. The van der Waals surface area contributed by atoms with Gasteiger partial charge in [-0.05, 0) is 6.07 Å². The molecule has 8 nitrogen and oxygen atoms in total. The van der Waals surface area contributed by atoms with Crippen molar-refractivity contribution in [3.8, 4) is 0 Å². The Balaban J connectivity index is 2.34. The van der Waals surface area contributed by atoms with Gasteiger partial charge in [-0.3, -0.25) is 4.79 Å². The predicted molar refractivity (Wildman–Crippen MR) is 69.6 cm³/mol. The lowest BCUT2D eigenvalue weighted by atomic mass is 10.3. The molecule has 2 unspecified atom stereocenters. The van der Waals surface area contributed by atoms with Crippen LogP contribution in [0.1, 0.15) is 10.5 Å². The van der Waals surface area contributed by atoms with Crippen molar-refractivity contribution in [3.63, 3.8) is 0 Å². The third-order valence-electron chi connectivity index (χ3n) is 3.30. The van der Waals surface area contributed by atoms with Crippen LogP contribution in [0, 0.1) is 0 Å². The van der Waals surface area contributed by atoms with Gasteiger partial charge in [-0.15, -0.1) is 0 Å². The summed E-state index contributed by atoms with van der Waals surface area (Å²) in [6, 6.07) is 1.27. The summed E-state index contributed by atoms with van der Waals surface area (Å²) in [5.74, 6) is -0.393. The average molecular weight is 303 g/mol. The van der Waals surface area contributed by atoms with E-state index < -0.39 is 28.1 Å². The first kappa shape index (κ1) is 15.0. The molecule has 9 heteroatoms. The number of aryl methyl sites for hydroxylation is 1. The number of aliphatic hydroxyl groups excluding tert-OH is 2. The molecule has 1 aromatic rings. The summed E-state index contributed by atoms with van der Waals surface area (Å²) in [5, 5.41) is 21.3. The highest BCUT2D eigenvalue weighted by Gasteiger charge is 2.38. The van der Waals surface area contributed by atoms with Crippen LogP contribution in [-0.2, 0) is 17.1 Å². The maximum Gasteiger partial charge on any atom is 0.267 e. The molecular weight excluding hydrogens is 286 g/mol. The molecule has 2 heterocycles. The van der Waals surface area contributed by atoms with Crippen molar-refractivity contribution in [1.29, 1.82) is 0 Å². The number of hydrogen-bond donors (Lipinski definition) is 3. The van der Waals surface area contributed by atoms with Crippen LogP contribution in [0.15, 0.2) is 17.2 Å². The minimum Gasteiger partial charge on any atom is -0.389 e. The molecule has 2 rings (SSSR count). The third-order valence-corrected chi connectivity index (χ3v) is 5.10. The van der Waals surface area contributed by atoms with Gasteiger partial charge >= 0.3 is 0 Å². The van der Waals surface area contributed by atoms with E-state index in [0.29, 0.717) is 0 Å². The second-order valence-corrected chi connectivity index (χ2v) is 6.65. The summed E-state index contributed by atoms with van der Waals surface area (Å²) in [6.07, 6.45) is -0.851. The van der Waals surface area contributed by atoms with Crippen LogP contribution in [-0.4, -0.2) is 65.8 Å². The topological polar surface area (TPSA) is 112 Å². The summed E-state index contributed by atoms with van der Waals surface area (Å²) in [6.45, 7) is -0.318. The van der Waals surface area contributed by atoms with E-state index in [1.54, 1.807) is 7.05 Å². The molecule has 0 spiro atoms. The zero-order valence-corrected chi connectivity index (χ0v) is 12.0. The van der Waals surface area contributed by atoms with Crippen molar-refractivity contribution in [3.05, 3.63) is 18.0 Å². The first-order chi connectivity index (χ1) is 9.27. The lowest BCUT2D eigenvalue weighted by Crippen LogP contribution is -2.29. The van der Waals surface area contributed by atoms with Crippen LogP contribution < -0.4 is 5.32 Å². The predicted octanol–water partition coefficient (Wildman–Crippen LogP) is -1.89. The SMILES string of the molecule is CNC(=O)c1cc(S(=O)(=O)N2CC(O)C(O)C2)cn1C. The van der Waals surface area contributed by atoms with E-state index in [9.17, 15) is 23.4 Å². The molecule has 1 fully saturated rings. The lowest BCUT2D eigenvalue weighted by Gasteiger charge is -2.13. The van der Waals surface area contributed by atoms with Crippen LogP contribution in [0.5, 0.6) is 0 Å². The summed E-state index contributed by atoms with van der Waals surface area (Å²) < 4.78 is 27.1. The molecule has 3 N–H and O–H groups in total. The first-order valence-electron chi connectivity index (χ1n) is 6.02. The van der Waals surface area contributed by atoms with Gasteiger partial charge < -0.3 is 20.1 Å². The number of rotatable bonds is 3. The molecule has 0 radical (unpaired) electrons. The highest BCUT2D eigenvalue weighted by atomic mass is 32.2. The van der Waals surface area contributed by atoms with Gasteiger partial charge in [0.15, 0.2) is 0 Å². The Bertz CT molecular complexity index is 614. The maximum absolute atomic E-state index is 12.4. The smallest absolute Gasteiger partial charge is 0.267 e. The number of carbonyl (C=O) groups excluding carboxylic acids is 1. The van der Waals surface area contributed by atoms with Crippen molar-refractivity contribution in [1.82, 2.24) is 14.2 Å². The van der Waals surface area contributed by atoms with Crippen molar-refractivity contribution in [2.75, 3.05) is 20.1 Å². The van der Waals surface area contributed by atoms with E-state index in [-0.39, 0.29) is 23.7 Å². The molecular formula is C11H17N3O5S. The third kappa shape index (κ3) is 2.44. The number of aliphatic hydroxyl groups is 2. The zero-order chi connectivity index (χ0) is 15.1. The van der Waals surface area contributed by atoms with Gasteiger partial charge in [0.2, 0.25) is 10.0 Å². The molecule has 1 aliphatic rings.